The molecular formula is C11H17. The van der Waals surface area contributed by atoms with Gasteiger partial charge in [-0.1, -0.05) is 37.0 Å². The van der Waals surface area contributed by atoms with Crippen LogP contribution < -0.4 is 0 Å². The third-order valence-corrected chi connectivity index (χ3v) is 1.43. The standard InChI is InChI=1S/C11H17/c1-3-5-7-9-11-10-8-6-4-2/h1,3-4,6,8,10H,5,7,9,11H2,2H3. The Hall–Kier alpha value is -0.780. The zero-order valence-electron chi connectivity index (χ0n) is 7.29. The van der Waals surface area contributed by atoms with E-state index in [2.05, 4.69) is 18.2 Å². The highest BCUT2D eigenvalue weighted by atomic mass is 13.9. The van der Waals surface area contributed by atoms with Crippen molar-refractivity contribution in [2.24, 2.45) is 0 Å². The molecule has 0 aliphatic rings. The SMILES string of the molecule is [CH]=CCCCCC=CC=CC. The van der Waals surface area contributed by atoms with E-state index in [1.54, 1.807) is 6.08 Å². The molecule has 0 heterocycles. The molecule has 61 valence electrons. The average Bonchev–Trinajstić information content (AvgIpc) is 2.03. The van der Waals surface area contributed by atoms with E-state index < -0.39 is 0 Å². The van der Waals surface area contributed by atoms with E-state index in [4.69, 9.17) is 6.58 Å². The molecule has 0 heteroatoms. The lowest BCUT2D eigenvalue weighted by Gasteiger charge is -1.90. The van der Waals surface area contributed by atoms with Crippen LogP contribution in [0.1, 0.15) is 32.6 Å². The maximum atomic E-state index is 5.24. The fourth-order valence-electron chi connectivity index (χ4n) is 0.810. The molecule has 0 aromatic heterocycles. The second-order valence-electron chi connectivity index (χ2n) is 2.47. The Kier molecular flexibility index (Phi) is 8.57. The number of hydrogen-bond donors (Lipinski definition) is 0. The predicted octanol–water partition coefficient (Wildman–Crippen LogP) is 3.67. The summed E-state index contributed by atoms with van der Waals surface area (Å²) in [5, 5.41) is 0. The highest BCUT2D eigenvalue weighted by Gasteiger charge is 1.80. The third-order valence-electron chi connectivity index (χ3n) is 1.43. The van der Waals surface area contributed by atoms with Crippen LogP contribution in [-0.4, -0.2) is 0 Å². The van der Waals surface area contributed by atoms with E-state index in [0.717, 1.165) is 12.8 Å². The van der Waals surface area contributed by atoms with Crippen LogP contribution in [0.25, 0.3) is 0 Å². The van der Waals surface area contributed by atoms with Crippen LogP contribution in [-0.2, 0) is 0 Å². The van der Waals surface area contributed by atoms with Gasteiger partial charge in [-0.05, 0) is 32.6 Å². The fourth-order valence-corrected chi connectivity index (χ4v) is 0.810. The second-order valence-corrected chi connectivity index (χ2v) is 2.47. The third kappa shape index (κ3) is 9.22. The monoisotopic (exact) mass is 149 g/mol. The molecule has 0 aromatic rings. The summed E-state index contributed by atoms with van der Waals surface area (Å²) in [6.45, 7) is 7.26. The van der Waals surface area contributed by atoms with Gasteiger partial charge in [0.15, 0.2) is 0 Å². The molecule has 1 radical (unpaired) electrons. The van der Waals surface area contributed by atoms with Crippen molar-refractivity contribution in [1.82, 2.24) is 0 Å². The minimum Gasteiger partial charge on any atom is -0.0877 e. The number of unbranched alkanes of at least 4 members (excludes halogenated alkanes) is 3. The first kappa shape index (κ1) is 10.2. The predicted molar refractivity (Wildman–Crippen MR) is 51.3 cm³/mol. The minimum atomic E-state index is 1.04. The molecule has 0 nitrogen and oxygen atoms in total. The van der Waals surface area contributed by atoms with Gasteiger partial charge in [0, 0.05) is 0 Å². The van der Waals surface area contributed by atoms with Gasteiger partial charge in [-0.25, -0.2) is 0 Å². The highest BCUT2D eigenvalue weighted by molar-refractivity contribution is 5.00. The van der Waals surface area contributed by atoms with Crippen molar-refractivity contribution in [1.29, 1.82) is 0 Å². The topological polar surface area (TPSA) is 0 Å². The van der Waals surface area contributed by atoms with Crippen LogP contribution in [0.3, 0.4) is 0 Å². The van der Waals surface area contributed by atoms with Gasteiger partial charge in [0.05, 0.1) is 0 Å². The van der Waals surface area contributed by atoms with Crippen molar-refractivity contribution in [3.63, 3.8) is 0 Å². The number of rotatable bonds is 6. The molecule has 0 saturated carbocycles. The summed E-state index contributed by atoms with van der Waals surface area (Å²) >= 11 is 0. The Morgan fingerprint density at radius 2 is 1.82 bits per heavy atom. The van der Waals surface area contributed by atoms with Gasteiger partial charge in [0.25, 0.3) is 0 Å². The summed E-state index contributed by atoms with van der Waals surface area (Å²) in [5.41, 5.74) is 0. The Morgan fingerprint density at radius 3 is 2.45 bits per heavy atom. The Balaban J connectivity index is 3.06. The van der Waals surface area contributed by atoms with Gasteiger partial charge in [-0.2, -0.15) is 0 Å². The molecule has 0 amide bonds. The smallest absolute Gasteiger partial charge is 0.0347 e. The van der Waals surface area contributed by atoms with E-state index in [0.29, 0.717) is 0 Å². The van der Waals surface area contributed by atoms with Crippen molar-refractivity contribution in [2.75, 3.05) is 0 Å². The second kappa shape index (κ2) is 9.22. The molecule has 11 heavy (non-hydrogen) atoms. The summed E-state index contributed by atoms with van der Waals surface area (Å²) in [7, 11) is 0. The van der Waals surface area contributed by atoms with Gasteiger partial charge in [-0.3, -0.25) is 0 Å². The lowest BCUT2D eigenvalue weighted by molar-refractivity contribution is 0.762. The van der Waals surface area contributed by atoms with Crippen LogP contribution >= 0.6 is 0 Å². The molecule has 0 aliphatic carbocycles. The van der Waals surface area contributed by atoms with Crippen LogP contribution in [0, 0.1) is 6.58 Å². The molecular weight excluding hydrogens is 132 g/mol. The maximum Gasteiger partial charge on any atom is -0.0347 e. The van der Waals surface area contributed by atoms with Crippen molar-refractivity contribution in [2.45, 2.75) is 32.6 Å². The molecule has 0 N–H and O–H groups in total. The first-order valence-electron chi connectivity index (χ1n) is 4.23. The maximum absolute atomic E-state index is 5.24. The Bertz CT molecular complexity index is 129. The molecule has 0 bridgehead atoms. The van der Waals surface area contributed by atoms with E-state index in [-0.39, 0.29) is 0 Å². The molecule has 0 spiro atoms. The lowest BCUT2D eigenvalue weighted by Crippen LogP contribution is -1.70. The first-order chi connectivity index (χ1) is 5.41. The van der Waals surface area contributed by atoms with Crippen molar-refractivity contribution in [3.05, 3.63) is 37.0 Å². The van der Waals surface area contributed by atoms with Gasteiger partial charge in [-0.15, -0.1) is 0 Å². The first-order valence-corrected chi connectivity index (χ1v) is 4.23. The molecule has 0 aromatic carbocycles. The molecule has 0 unspecified atom stereocenters. The molecule has 0 rings (SSSR count). The van der Waals surface area contributed by atoms with Crippen molar-refractivity contribution in [3.8, 4) is 0 Å². The van der Waals surface area contributed by atoms with Gasteiger partial charge in [0.2, 0.25) is 0 Å². The Labute approximate surface area is 70.3 Å². The minimum absolute atomic E-state index is 1.04. The zero-order valence-corrected chi connectivity index (χ0v) is 7.29. The van der Waals surface area contributed by atoms with Crippen LogP contribution in [0.4, 0.5) is 0 Å². The molecule has 0 aliphatic heterocycles. The molecule has 0 fully saturated rings. The molecule has 0 atom stereocenters. The van der Waals surface area contributed by atoms with Crippen molar-refractivity contribution >= 4 is 0 Å². The molecule has 0 saturated heterocycles. The van der Waals surface area contributed by atoms with Gasteiger partial charge >= 0.3 is 0 Å². The van der Waals surface area contributed by atoms with E-state index in [9.17, 15) is 0 Å². The summed E-state index contributed by atoms with van der Waals surface area (Å²) in [4.78, 5) is 0. The highest BCUT2D eigenvalue weighted by Crippen LogP contribution is 2.00. The zero-order chi connectivity index (χ0) is 8.36. The quantitative estimate of drug-likeness (QED) is 0.399. The lowest BCUT2D eigenvalue weighted by atomic mass is 10.2. The van der Waals surface area contributed by atoms with Crippen LogP contribution in [0.5, 0.6) is 0 Å². The van der Waals surface area contributed by atoms with Crippen LogP contribution in [0.2, 0.25) is 0 Å². The van der Waals surface area contributed by atoms with E-state index in [1.165, 1.54) is 12.8 Å². The van der Waals surface area contributed by atoms with Gasteiger partial charge in [0.1, 0.15) is 0 Å². The fraction of sp³-hybridized carbons (Fsp3) is 0.455. The average molecular weight is 149 g/mol. The summed E-state index contributed by atoms with van der Waals surface area (Å²) in [5.74, 6) is 0. The summed E-state index contributed by atoms with van der Waals surface area (Å²) in [6, 6.07) is 0. The van der Waals surface area contributed by atoms with Gasteiger partial charge < -0.3 is 0 Å². The summed E-state index contributed by atoms with van der Waals surface area (Å²) < 4.78 is 0. The van der Waals surface area contributed by atoms with E-state index >= 15 is 0 Å². The number of hydrogen-bond acceptors (Lipinski definition) is 0. The number of allylic oxidation sites excluding steroid dienone is 5. The largest absolute Gasteiger partial charge is 0.0877 e. The van der Waals surface area contributed by atoms with Crippen molar-refractivity contribution < 1.29 is 0 Å². The van der Waals surface area contributed by atoms with E-state index in [1.807, 2.05) is 13.0 Å². The summed E-state index contributed by atoms with van der Waals surface area (Å²) in [6.07, 6.45) is 14.7. The Morgan fingerprint density at radius 1 is 1.09 bits per heavy atom. The normalized spacial score (nSPS) is 11.4. The van der Waals surface area contributed by atoms with Crippen LogP contribution in [0.15, 0.2) is 30.4 Å².